The van der Waals surface area contributed by atoms with Crippen LogP contribution in [0.4, 0.5) is 0 Å². The van der Waals surface area contributed by atoms with Gasteiger partial charge in [-0.25, -0.2) is 0 Å². The fraction of sp³-hybridized carbons (Fsp3) is 0.429. The summed E-state index contributed by atoms with van der Waals surface area (Å²) in [5, 5.41) is 4.01. The van der Waals surface area contributed by atoms with Crippen LogP contribution < -0.4 is 5.73 Å². The molecule has 1 heterocycles. The molecule has 102 valence electrons. The van der Waals surface area contributed by atoms with Crippen molar-refractivity contribution < 1.29 is 9.26 Å². The molecule has 0 spiro atoms. The zero-order chi connectivity index (χ0) is 13.5. The van der Waals surface area contributed by atoms with Gasteiger partial charge in [0, 0.05) is 13.0 Å². The van der Waals surface area contributed by atoms with Crippen molar-refractivity contribution in [3.63, 3.8) is 0 Å². The lowest BCUT2D eigenvalue weighted by Gasteiger charge is -2.13. The molecule has 5 nitrogen and oxygen atoms in total. The van der Waals surface area contributed by atoms with Gasteiger partial charge >= 0.3 is 0 Å². The minimum absolute atomic E-state index is 0.276. The molecule has 0 amide bonds. The van der Waals surface area contributed by atoms with Crippen molar-refractivity contribution in [2.45, 2.75) is 25.9 Å². The van der Waals surface area contributed by atoms with E-state index in [4.69, 9.17) is 15.0 Å². The summed E-state index contributed by atoms with van der Waals surface area (Å²) in [6.45, 7) is 3.16. The number of ether oxygens (including phenoxy) is 1. The van der Waals surface area contributed by atoms with E-state index in [2.05, 4.69) is 10.1 Å². The maximum atomic E-state index is 5.72. The second-order valence-corrected chi connectivity index (χ2v) is 4.18. The Balaban J connectivity index is 2.17. The monoisotopic (exact) mass is 261 g/mol. The van der Waals surface area contributed by atoms with E-state index in [9.17, 15) is 0 Å². The van der Waals surface area contributed by atoms with Crippen LogP contribution in [-0.2, 0) is 11.2 Å². The van der Waals surface area contributed by atoms with E-state index >= 15 is 0 Å². The van der Waals surface area contributed by atoms with Crippen LogP contribution in [0.5, 0.6) is 0 Å². The molecule has 5 heteroatoms. The highest BCUT2D eigenvalue weighted by Crippen LogP contribution is 2.23. The van der Waals surface area contributed by atoms with Gasteiger partial charge in [0.15, 0.2) is 0 Å². The van der Waals surface area contributed by atoms with E-state index in [1.807, 2.05) is 37.3 Å². The first-order chi connectivity index (χ1) is 9.35. The third-order valence-corrected chi connectivity index (χ3v) is 2.75. The van der Waals surface area contributed by atoms with Crippen molar-refractivity contribution in [3.8, 4) is 0 Å². The van der Waals surface area contributed by atoms with Gasteiger partial charge in [-0.3, -0.25) is 0 Å². The van der Waals surface area contributed by atoms with Gasteiger partial charge in [-0.1, -0.05) is 35.5 Å². The number of aryl methyl sites for hydroxylation is 1. The van der Waals surface area contributed by atoms with Crippen molar-refractivity contribution in [2.75, 3.05) is 13.2 Å². The van der Waals surface area contributed by atoms with Gasteiger partial charge in [0.1, 0.15) is 6.10 Å². The molecule has 0 radical (unpaired) electrons. The molecule has 2 aromatic rings. The van der Waals surface area contributed by atoms with Gasteiger partial charge in [0.2, 0.25) is 11.7 Å². The van der Waals surface area contributed by atoms with E-state index in [-0.39, 0.29) is 6.10 Å². The summed E-state index contributed by atoms with van der Waals surface area (Å²) in [5.74, 6) is 1.18. The molecule has 1 aromatic carbocycles. The molecule has 1 unspecified atom stereocenters. The Bertz CT molecular complexity index is 484. The molecule has 19 heavy (non-hydrogen) atoms. The predicted octanol–water partition coefficient (Wildman–Crippen LogP) is 2.09. The Labute approximate surface area is 112 Å². The smallest absolute Gasteiger partial charge is 0.226 e. The molecule has 0 saturated carbocycles. The number of hydrogen-bond acceptors (Lipinski definition) is 5. The average molecular weight is 261 g/mol. The molecule has 0 fully saturated rings. The van der Waals surface area contributed by atoms with E-state index in [0.29, 0.717) is 31.3 Å². The maximum absolute atomic E-state index is 5.72. The van der Waals surface area contributed by atoms with E-state index in [0.717, 1.165) is 12.0 Å². The van der Waals surface area contributed by atoms with Gasteiger partial charge in [0.05, 0.1) is 0 Å². The van der Waals surface area contributed by atoms with Crippen LogP contribution in [0.3, 0.4) is 0 Å². The van der Waals surface area contributed by atoms with Crippen LogP contribution in [0.25, 0.3) is 0 Å². The largest absolute Gasteiger partial charge is 0.366 e. The van der Waals surface area contributed by atoms with E-state index in [1.54, 1.807) is 0 Å². The first kappa shape index (κ1) is 13.7. The van der Waals surface area contributed by atoms with Crippen LogP contribution in [0.1, 0.15) is 36.7 Å². The Kier molecular flexibility index (Phi) is 5.06. The minimum atomic E-state index is -0.276. The molecule has 1 atom stereocenters. The third-order valence-electron chi connectivity index (χ3n) is 2.75. The van der Waals surface area contributed by atoms with Crippen LogP contribution in [-0.4, -0.2) is 23.3 Å². The summed E-state index contributed by atoms with van der Waals surface area (Å²) in [7, 11) is 0. The highest BCUT2D eigenvalue weighted by molar-refractivity contribution is 5.22. The number of hydrogen-bond donors (Lipinski definition) is 1. The summed E-state index contributed by atoms with van der Waals surface area (Å²) >= 11 is 0. The fourth-order valence-electron chi connectivity index (χ4n) is 1.84. The number of aromatic nitrogens is 2. The third kappa shape index (κ3) is 3.62. The Morgan fingerprint density at radius 2 is 2.11 bits per heavy atom. The Morgan fingerprint density at radius 3 is 2.79 bits per heavy atom. The van der Waals surface area contributed by atoms with Crippen molar-refractivity contribution in [1.82, 2.24) is 10.1 Å². The van der Waals surface area contributed by atoms with Gasteiger partial charge in [0.25, 0.3) is 0 Å². The first-order valence-corrected chi connectivity index (χ1v) is 6.54. The van der Waals surface area contributed by atoms with Crippen molar-refractivity contribution in [1.29, 1.82) is 0 Å². The summed E-state index contributed by atoms with van der Waals surface area (Å²) in [5.41, 5.74) is 6.49. The van der Waals surface area contributed by atoms with Gasteiger partial charge in [-0.2, -0.15) is 4.98 Å². The fourth-order valence-corrected chi connectivity index (χ4v) is 1.84. The predicted molar refractivity (Wildman–Crippen MR) is 71.6 cm³/mol. The van der Waals surface area contributed by atoms with Crippen molar-refractivity contribution in [2.24, 2.45) is 5.73 Å². The number of rotatable bonds is 7. The lowest BCUT2D eigenvalue weighted by atomic mass is 10.1. The summed E-state index contributed by atoms with van der Waals surface area (Å²) in [4.78, 5) is 4.38. The molecule has 2 N–H and O–H groups in total. The SMILES string of the molecule is CCOC(c1ccccc1)c1noc(CCCN)n1. The van der Waals surface area contributed by atoms with Gasteiger partial charge < -0.3 is 15.0 Å². The van der Waals surface area contributed by atoms with E-state index < -0.39 is 0 Å². The normalized spacial score (nSPS) is 12.5. The summed E-state index contributed by atoms with van der Waals surface area (Å²) < 4.78 is 10.9. The molecule has 0 aliphatic heterocycles. The molecular formula is C14H19N3O2. The minimum Gasteiger partial charge on any atom is -0.366 e. The van der Waals surface area contributed by atoms with Crippen LogP contribution in [0.15, 0.2) is 34.9 Å². The molecule has 2 rings (SSSR count). The second-order valence-electron chi connectivity index (χ2n) is 4.18. The molecule has 0 aliphatic carbocycles. The Morgan fingerprint density at radius 1 is 1.32 bits per heavy atom. The lowest BCUT2D eigenvalue weighted by Crippen LogP contribution is -2.08. The highest BCUT2D eigenvalue weighted by Gasteiger charge is 2.20. The number of nitrogens with zero attached hydrogens (tertiary/aromatic N) is 2. The number of benzene rings is 1. The zero-order valence-corrected chi connectivity index (χ0v) is 11.1. The van der Waals surface area contributed by atoms with Gasteiger partial charge in [-0.05, 0) is 25.5 Å². The van der Waals surface area contributed by atoms with Gasteiger partial charge in [-0.15, -0.1) is 0 Å². The van der Waals surface area contributed by atoms with Crippen LogP contribution in [0, 0.1) is 0 Å². The molecule has 1 aromatic heterocycles. The molecular weight excluding hydrogens is 242 g/mol. The van der Waals surface area contributed by atoms with Crippen LogP contribution in [0.2, 0.25) is 0 Å². The highest BCUT2D eigenvalue weighted by atomic mass is 16.5. The summed E-state index contributed by atoms with van der Waals surface area (Å²) in [6, 6.07) is 9.90. The topological polar surface area (TPSA) is 74.2 Å². The molecule has 0 saturated heterocycles. The quantitative estimate of drug-likeness (QED) is 0.826. The van der Waals surface area contributed by atoms with Crippen molar-refractivity contribution >= 4 is 0 Å². The lowest BCUT2D eigenvalue weighted by molar-refractivity contribution is 0.0833. The van der Waals surface area contributed by atoms with Crippen molar-refractivity contribution in [3.05, 3.63) is 47.6 Å². The molecule has 0 bridgehead atoms. The average Bonchev–Trinajstić information content (AvgIpc) is 2.92. The number of nitrogens with two attached hydrogens (primary N) is 1. The van der Waals surface area contributed by atoms with E-state index in [1.165, 1.54) is 0 Å². The first-order valence-electron chi connectivity index (χ1n) is 6.54. The summed E-state index contributed by atoms with van der Waals surface area (Å²) in [6.07, 6.45) is 1.27. The Hall–Kier alpha value is -1.72. The maximum Gasteiger partial charge on any atom is 0.226 e. The zero-order valence-electron chi connectivity index (χ0n) is 11.1. The van der Waals surface area contributed by atoms with Crippen LogP contribution >= 0.6 is 0 Å². The second kappa shape index (κ2) is 7.01. The standard InChI is InChI=1S/C14H19N3O2/c1-2-18-13(11-7-4-3-5-8-11)14-16-12(19-17-14)9-6-10-15/h3-5,7-8,13H,2,6,9-10,15H2,1H3. The molecule has 0 aliphatic rings.